The number of aromatic amines is 1. The van der Waals surface area contributed by atoms with Crippen LogP contribution in [-0.2, 0) is 11.3 Å². The van der Waals surface area contributed by atoms with Gasteiger partial charge in [-0.15, -0.1) is 0 Å². The molecule has 0 aliphatic carbocycles. The van der Waals surface area contributed by atoms with Crippen LogP contribution in [0.2, 0.25) is 0 Å². The van der Waals surface area contributed by atoms with Crippen molar-refractivity contribution in [3.63, 3.8) is 0 Å². The molecule has 1 aromatic heterocycles. The lowest BCUT2D eigenvalue weighted by Crippen LogP contribution is -2.53. The molecule has 1 fully saturated rings. The number of nitrogens with one attached hydrogen (secondary N) is 2. The van der Waals surface area contributed by atoms with Crippen molar-refractivity contribution < 1.29 is 4.79 Å². The highest BCUT2D eigenvalue weighted by Crippen LogP contribution is 2.10. The summed E-state index contributed by atoms with van der Waals surface area (Å²) in [7, 11) is 0. The molecule has 1 amide bonds. The number of nitrogens with zero attached hydrogens (tertiary/aromatic N) is 2. The van der Waals surface area contributed by atoms with E-state index in [1.807, 2.05) is 36.1 Å². The van der Waals surface area contributed by atoms with Gasteiger partial charge in [0.25, 0.3) is 0 Å². The summed E-state index contributed by atoms with van der Waals surface area (Å²) in [6.45, 7) is 4.40. The number of H-pyrrole nitrogens is 1. The Bertz CT molecular complexity index is 688. The first-order valence-electron chi connectivity index (χ1n) is 6.84. The Balaban J connectivity index is 1.87. The zero-order valence-corrected chi connectivity index (χ0v) is 11.4. The van der Waals surface area contributed by atoms with E-state index in [4.69, 9.17) is 0 Å². The lowest BCUT2D eigenvalue weighted by Gasteiger charge is -2.34. The molecule has 6 heteroatoms. The molecule has 3 rings (SSSR count). The second-order valence-electron chi connectivity index (χ2n) is 5.17. The molecule has 6 nitrogen and oxygen atoms in total. The van der Waals surface area contributed by atoms with Gasteiger partial charge in [-0.2, -0.15) is 0 Å². The number of benzene rings is 1. The highest BCUT2D eigenvalue weighted by molar-refractivity contribution is 5.80. The number of fused-ring (bicyclic) bond motifs is 1. The third kappa shape index (κ3) is 2.22. The topological polar surface area (TPSA) is 70.1 Å². The summed E-state index contributed by atoms with van der Waals surface area (Å²) in [4.78, 5) is 29.0. The molecule has 1 aliphatic heterocycles. The van der Waals surface area contributed by atoms with Crippen LogP contribution in [0.3, 0.4) is 0 Å². The van der Waals surface area contributed by atoms with Gasteiger partial charge < -0.3 is 15.2 Å². The summed E-state index contributed by atoms with van der Waals surface area (Å²) < 4.78 is 1.51. The minimum atomic E-state index is -0.234. The van der Waals surface area contributed by atoms with Gasteiger partial charge in [0, 0.05) is 25.7 Å². The Morgan fingerprint density at radius 2 is 2.20 bits per heavy atom. The number of imidazole rings is 1. The van der Waals surface area contributed by atoms with Gasteiger partial charge in [-0.05, 0) is 19.1 Å². The van der Waals surface area contributed by atoms with Crippen LogP contribution in [0.5, 0.6) is 0 Å². The normalized spacial score (nSPS) is 19.4. The van der Waals surface area contributed by atoms with Crippen molar-refractivity contribution in [2.45, 2.75) is 19.5 Å². The van der Waals surface area contributed by atoms with E-state index in [0.717, 1.165) is 24.1 Å². The molecule has 1 saturated heterocycles. The van der Waals surface area contributed by atoms with Crippen molar-refractivity contribution in [3.05, 3.63) is 34.7 Å². The summed E-state index contributed by atoms with van der Waals surface area (Å²) in [6.07, 6.45) is 0. The zero-order chi connectivity index (χ0) is 14.1. The van der Waals surface area contributed by atoms with Crippen LogP contribution in [0, 0.1) is 0 Å². The molecule has 0 saturated carbocycles. The standard InChI is InChI=1S/C14H18N4O2/c1-10-8-15-6-7-17(10)13(19)9-18-12-5-3-2-4-11(12)16-14(18)20/h2-5,10,15H,6-9H2,1H3,(H,16,20). The molecule has 0 radical (unpaired) electrons. The van der Waals surface area contributed by atoms with Crippen LogP contribution in [0.15, 0.2) is 29.1 Å². The van der Waals surface area contributed by atoms with Crippen molar-refractivity contribution >= 4 is 16.9 Å². The second kappa shape index (κ2) is 5.13. The van der Waals surface area contributed by atoms with Crippen LogP contribution < -0.4 is 11.0 Å². The van der Waals surface area contributed by atoms with Crippen LogP contribution in [0.1, 0.15) is 6.92 Å². The van der Waals surface area contributed by atoms with E-state index in [-0.39, 0.29) is 24.2 Å². The van der Waals surface area contributed by atoms with Crippen LogP contribution in [-0.4, -0.2) is 46.0 Å². The van der Waals surface area contributed by atoms with Crippen molar-refractivity contribution in [3.8, 4) is 0 Å². The van der Waals surface area contributed by atoms with Crippen LogP contribution >= 0.6 is 0 Å². The summed E-state index contributed by atoms with van der Waals surface area (Å²) in [5.41, 5.74) is 1.30. The molecule has 1 atom stereocenters. The number of aromatic nitrogens is 2. The van der Waals surface area contributed by atoms with Crippen molar-refractivity contribution in [1.29, 1.82) is 0 Å². The molecular weight excluding hydrogens is 256 g/mol. The molecule has 106 valence electrons. The molecule has 1 aromatic carbocycles. The fourth-order valence-corrected chi connectivity index (χ4v) is 2.70. The average molecular weight is 274 g/mol. The van der Waals surface area contributed by atoms with Crippen LogP contribution in [0.4, 0.5) is 0 Å². The molecule has 2 N–H and O–H groups in total. The maximum atomic E-state index is 12.4. The molecular formula is C14H18N4O2. The number of piperazine rings is 1. The van der Waals surface area contributed by atoms with Gasteiger partial charge in [0.1, 0.15) is 6.54 Å². The third-order valence-corrected chi connectivity index (χ3v) is 3.80. The van der Waals surface area contributed by atoms with E-state index >= 15 is 0 Å². The number of carbonyl (C=O) groups excluding carboxylic acids is 1. The monoisotopic (exact) mass is 274 g/mol. The molecule has 2 heterocycles. The van der Waals surface area contributed by atoms with Gasteiger partial charge in [0.15, 0.2) is 0 Å². The Labute approximate surface area is 116 Å². The lowest BCUT2D eigenvalue weighted by atomic mass is 10.2. The Morgan fingerprint density at radius 3 is 3.00 bits per heavy atom. The van der Waals surface area contributed by atoms with E-state index in [0.29, 0.717) is 6.54 Å². The third-order valence-electron chi connectivity index (χ3n) is 3.80. The van der Waals surface area contributed by atoms with Crippen molar-refractivity contribution in [2.24, 2.45) is 0 Å². The van der Waals surface area contributed by atoms with E-state index in [1.54, 1.807) is 0 Å². The molecule has 1 aliphatic rings. The summed E-state index contributed by atoms with van der Waals surface area (Å²) in [5, 5.41) is 3.25. The first-order chi connectivity index (χ1) is 9.66. The maximum Gasteiger partial charge on any atom is 0.326 e. The largest absolute Gasteiger partial charge is 0.336 e. The first kappa shape index (κ1) is 12.9. The number of para-hydroxylation sites is 2. The van der Waals surface area contributed by atoms with Crippen molar-refractivity contribution in [1.82, 2.24) is 19.8 Å². The predicted molar refractivity (Wildman–Crippen MR) is 76.6 cm³/mol. The Hall–Kier alpha value is -2.08. The van der Waals surface area contributed by atoms with Crippen molar-refractivity contribution in [2.75, 3.05) is 19.6 Å². The van der Waals surface area contributed by atoms with Crippen LogP contribution in [0.25, 0.3) is 11.0 Å². The molecule has 0 spiro atoms. The van der Waals surface area contributed by atoms with E-state index < -0.39 is 0 Å². The first-order valence-corrected chi connectivity index (χ1v) is 6.84. The summed E-state index contributed by atoms with van der Waals surface area (Å²) in [6, 6.07) is 7.58. The number of hydrogen-bond acceptors (Lipinski definition) is 3. The Morgan fingerprint density at radius 1 is 1.40 bits per heavy atom. The summed E-state index contributed by atoms with van der Waals surface area (Å²) >= 11 is 0. The van der Waals surface area contributed by atoms with Gasteiger partial charge in [0.05, 0.1) is 11.0 Å². The molecule has 0 bridgehead atoms. The average Bonchev–Trinajstić information content (AvgIpc) is 2.76. The minimum Gasteiger partial charge on any atom is -0.336 e. The second-order valence-corrected chi connectivity index (χ2v) is 5.17. The van der Waals surface area contributed by atoms with Gasteiger partial charge in [0.2, 0.25) is 5.91 Å². The highest BCUT2D eigenvalue weighted by atomic mass is 16.2. The fraction of sp³-hybridized carbons (Fsp3) is 0.429. The molecule has 2 aromatic rings. The van der Waals surface area contributed by atoms with E-state index in [2.05, 4.69) is 10.3 Å². The smallest absolute Gasteiger partial charge is 0.326 e. The summed E-state index contributed by atoms with van der Waals surface area (Å²) in [5.74, 6) is -0.00847. The highest BCUT2D eigenvalue weighted by Gasteiger charge is 2.23. The van der Waals surface area contributed by atoms with Gasteiger partial charge in [-0.25, -0.2) is 4.79 Å². The number of rotatable bonds is 2. The predicted octanol–water partition coefficient (Wildman–Crippen LogP) is 0.150. The van der Waals surface area contributed by atoms with Gasteiger partial charge in [-0.3, -0.25) is 9.36 Å². The number of hydrogen-bond donors (Lipinski definition) is 2. The SMILES string of the molecule is CC1CNCCN1C(=O)Cn1c(=O)[nH]c2ccccc21. The quantitative estimate of drug-likeness (QED) is 0.819. The van der Waals surface area contributed by atoms with E-state index in [9.17, 15) is 9.59 Å². The van der Waals surface area contributed by atoms with Gasteiger partial charge in [-0.1, -0.05) is 12.1 Å². The van der Waals surface area contributed by atoms with Gasteiger partial charge >= 0.3 is 5.69 Å². The maximum absolute atomic E-state index is 12.4. The Kier molecular flexibility index (Phi) is 3.31. The number of carbonyl (C=O) groups is 1. The molecule has 20 heavy (non-hydrogen) atoms. The molecule has 1 unspecified atom stereocenters. The fourth-order valence-electron chi connectivity index (χ4n) is 2.70. The minimum absolute atomic E-state index is 0.00847. The van der Waals surface area contributed by atoms with E-state index in [1.165, 1.54) is 4.57 Å². The lowest BCUT2D eigenvalue weighted by molar-refractivity contribution is -0.134. The number of amides is 1. The zero-order valence-electron chi connectivity index (χ0n) is 11.4.